The molecule has 2 rings (SSSR count). The number of aryl methyl sites for hydroxylation is 1. The van der Waals surface area contributed by atoms with Crippen molar-refractivity contribution in [1.29, 1.82) is 0 Å². The number of ketones is 1. The van der Waals surface area contributed by atoms with Crippen molar-refractivity contribution in [3.05, 3.63) is 71.3 Å². The molecule has 0 heterocycles. The predicted molar refractivity (Wildman–Crippen MR) is 78.7 cm³/mol. The summed E-state index contributed by atoms with van der Waals surface area (Å²) in [7, 11) is 0. The molecular weight excluding hydrogens is 250 g/mol. The minimum atomic E-state index is -0.142. The topological polar surface area (TPSA) is 46.2 Å². The second-order valence-corrected chi connectivity index (χ2v) is 4.73. The van der Waals surface area contributed by atoms with Crippen LogP contribution in [0.5, 0.6) is 0 Å². The highest BCUT2D eigenvalue weighted by atomic mass is 16.2. The molecule has 0 saturated carbocycles. The lowest BCUT2D eigenvalue weighted by atomic mass is 10.1. The largest absolute Gasteiger partial charge is 0.348 e. The van der Waals surface area contributed by atoms with Crippen molar-refractivity contribution < 1.29 is 9.59 Å². The molecule has 0 unspecified atom stereocenters. The molecule has 0 radical (unpaired) electrons. The lowest BCUT2D eigenvalue weighted by Gasteiger charge is -2.05. The Morgan fingerprint density at radius 3 is 2.25 bits per heavy atom. The van der Waals surface area contributed by atoms with Gasteiger partial charge in [0, 0.05) is 5.56 Å². The summed E-state index contributed by atoms with van der Waals surface area (Å²) in [5, 5.41) is 2.66. The van der Waals surface area contributed by atoms with Gasteiger partial charge in [-0.1, -0.05) is 60.2 Å². The Labute approximate surface area is 118 Å². The van der Waals surface area contributed by atoms with Gasteiger partial charge in [0.05, 0.1) is 13.0 Å². The lowest BCUT2D eigenvalue weighted by Crippen LogP contribution is -2.30. The fraction of sp³-hybridized carbons (Fsp3) is 0.176. The van der Waals surface area contributed by atoms with Gasteiger partial charge in [-0.2, -0.15) is 0 Å². The van der Waals surface area contributed by atoms with E-state index in [9.17, 15) is 9.59 Å². The van der Waals surface area contributed by atoms with Crippen molar-refractivity contribution in [1.82, 2.24) is 5.32 Å². The van der Waals surface area contributed by atoms with Crippen LogP contribution in [0, 0.1) is 6.92 Å². The number of benzene rings is 2. The highest BCUT2D eigenvalue weighted by Gasteiger charge is 2.08. The van der Waals surface area contributed by atoms with Gasteiger partial charge in [0.2, 0.25) is 5.91 Å². The molecular formula is C17H17NO2. The molecule has 3 heteroatoms. The van der Waals surface area contributed by atoms with Crippen LogP contribution in [0.4, 0.5) is 0 Å². The van der Waals surface area contributed by atoms with Gasteiger partial charge in [-0.15, -0.1) is 0 Å². The minimum Gasteiger partial charge on any atom is -0.348 e. The summed E-state index contributed by atoms with van der Waals surface area (Å²) < 4.78 is 0. The summed E-state index contributed by atoms with van der Waals surface area (Å²) in [5.41, 5.74) is 2.66. The summed E-state index contributed by atoms with van der Waals surface area (Å²) >= 11 is 0. The Hall–Kier alpha value is -2.42. The molecule has 0 bridgehead atoms. The summed E-state index contributed by atoms with van der Waals surface area (Å²) in [5.74, 6) is -0.219. The molecule has 20 heavy (non-hydrogen) atoms. The highest BCUT2D eigenvalue weighted by Crippen LogP contribution is 2.04. The summed E-state index contributed by atoms with van der Waals surface area (Å²) in [6.45, 7) is 2.00. The highest BCUT2D eigenvalue weighted by molar-refractivity contribution is 5.99. The van der Waals surface area contributed by atoms with Crippen LogP contribution in [-0.4, -0.2) is 18.2 Å². The lowest BCUT2D eigenvalue weighted by molar-refractivity contribution is -0.120. The number of hydrogen-bond donors (Lipinski definition) is 1. The Morgan fingerprint density at radius 1 is 0.950 bits per heavy atom. The molecule has 2 aromatic carbocycles. The van der Waals surface area contributed by atoms with Gasteiger partial charge in [0.1, 0.15) is 0 Å². The van der Waals surface area contributed by atoms with E-state index in [0.29, 0.717) is 12.0 Å². The quantitative estimate of drug-likeness (QED) is 0.846. The van der Waals surface area contributed by atoms with E-state index in [-0.39, 0.29) is 18.2 Å². The molecule has 0 saturated heterocycles. The average molecular weight is 267 g/mol. The van der Waals surface area contributed by atoms with Crippen LogP contribution < -0.4 is 5.32 Å². The van der Waals surface area contributed by atoms with Gasteiger partial charge in [0.15, 0.2) is 5.78 Å². The molecule has 0 atom stereocenters. The zero-order valence-electron chi connectivity index (χ0n) is 11.4. The fourth-order valence-corrected chi connectivity index (χ4v) is 1.86. The number of Topliss-reactive ketones (excluding diaryl/α,β-unsaturated/α-hetero) is 1. The third kappa shape index (κ3) is 4.05. The van der Waals surface area contributed by atoms with Crippen molar-refractivity contribution in [2.45, 2.75) is 13.3 Å². The van der Waals surface area contributed by atoms with E-state index in [1.807, 2.05) is 49.4 Å². The SMILES string of the molecule is Cc1ccc(C(=O)CNC(=O)Cc2ccccc2)cc1. The molecule has 0 aliphatic heterocycles. The van der Waals surface area contributed by atoms with Crippen LogP contribution >= 0.6 is 0 Å². The van der Waals surface area contributed by atoms with Crippen molar-refractivity contribution in [3.63, 3.8) is 0 Å². The smallest absolute Gasteiger partial charge is 0.224 e. The second-order valence-electron chi connectivity index (χ2n) is 4.73. The number of amides is 1. The first-order valence-electron chi connectivity index (χ1n) is 6.55. The molecule has 1 N–H and O–H groups in total. The first-order chi connectivity index (χ1) is 9.65. The number of nitrogens with one attached hydrogen (secondary N) is 1. The Balaban J connectivity index is 1.84. The van der Waals surface area contributed by atoms with Gasteiger partial charge in [-0.05, 0) is 12.5 Å². The number of hydrogen-bond acceptors (Lipinski definition) is 2. The predicted octanol–water partition coefficient (Wildman–Crippen LogP) is 2.54. The molecule has 0 aromatic heterocycles. The van der Waals surface area contributed by atoms with Crippen LogP contribution in [0.3, 0.4) is 0 Å². The van der Waals surface area contributed by atoms with Gasteiger partial charge in [0.25, 0.3) is 0 Å². The third-order valence-corrected chi connectivity index (χ3v) is 3.03. The molecule has 3 nitrogen and oxygen atoms in total. The minimum absolute atomic E-state index is 0.0364. The summed E-state index contributed by atoms with van der Waals surface area (Å²) in [6.07, 6.45) is 0.294. The van der Waals surface area contributed by atoms with E-state index >= 15 is 0 Å². The molecule has 2 aromatic rings. The first kappa shape index (κ1) is 14.0. The maximum absolute atomic E-state index is 11.9. The van der Waals surface area contributed by atoms with E-state index in [2.05, 4.69) is 5.32 Å². The molecule has 102 valence electrons. The molecule has 0 aliphatic carbocycles. The maximum atomic E-state index is 11.9. The Kier molecular flexibility index (Phi) is 4.66. The second kappa shape index (κ2) is 6.66. The van der Waals surface area contributed by atoms with Crippen molar-refractivity contribution in [3.8, 4) is 0 Å². The van der Waals surface area contributed by atoms with Gasteiger partial charge < -0.3 is 5.32 Å². The monoisotopic (exact) mass is 267 g/mol. The van der Waals surface area contributed by atoms with E-state index < -0.39 is 0 Å². The van der Waals surface area contributed by atoms with E-state index in [1.165, 1.54) is 0 Å². The first-order valence-corrected chi connectivity index (χ1v) is 6.55. The van der Waals surface area contributed by atoms with Crippen LogP contribution in [0.25, 0.3) is 0 Å². The Bertz CT molecular complexity index is 588. The average Bonchev–Trinajstić information content (AvgIpc) is 2.46. The molecule has 0 fully saturated rings. The summed E-state index contributed by atoms with van der Waals surface area (Å²) in [6, 6.07) is 16.8. The summed E-state index contributed by atoms with van der Waals surface area (Å²) in [4.78, 5) is 23.6. The van der Waals surface area contributed by atoms with E-state index in [0.717, 1.165) is 11.1 Å². The Morgan fingerprint density at radius 2 is 1.60 bits per heavy atom. The normalized spacial score (nSPS) is 10.1. The third-order valence-electron chi connectivity index (χ3n) is 3.03. The van der Waals surface area contributed by atoms with Crippen LogP contribution in [0.2, 0.25) is 0 Å². The van der Waals surface area contributed by atoms with Crippen molar-refractivity contribution >= 4 is 11.7 Å². The van der Waals surface area contributed by atoms with Crippen molar-refractivity contribution in [2.75, 3.05) is 6.54 Å². The number of carbonyl (C=O) groups excluding carboxylic acids is 2. The van der Waals surface area contributed by atoms with Gasteiger partial charge >= 0.3 is 0 Å². The zero-order chi connectivity index (χ0) is 14.4. The molecule has 0 aliphatic rings. The molecule has 1 amide bonds. The van der Waals surface area contributed by atoms with Gasteiger partial charge in [-0.25, -0.2) is 0 Å². The maximum Gasteiger partial charge on any atom is 0.224 e. The standard InChI is InChI=1S/C17H17NO2/c1-13-7-9-15(10-8-13)16(19)12-18-17(20)11-14-5-3-2-4-6-14/h2-10H,11-12H2,1H3,(H,18,20). The van der Waals surface area contributed by atoms with Gasteiger partial charge in [-0.3, -0.25) is 9.59 Å². The van der Waals surface area contributed by atoms with Crippen LogP contribution in [0.15, 0.2) is 54.6 Å². The van der Waals surface area contributed by atoms with E-state index in [4.69, 9.17) is 0 Å². The fourth-order valence-electron chi connectivity index (χ4n) is 1.86. The molecule has 0 spiro atoms. The van der Waals surface area contributed by atoms with Crippen LogP contribution in [-0.2, 0) is 11.2 Å². The zero-order valence-corrected chi connectivity index (χ0v) is 11.4. The number of carbonyl (C=O) groups is 2. The van der Waals surface area contributed by atoms with Crippen molar-refractivity contribution in [2.24, 2.45) is 0 Å². The number of rotatable bonds is 5. The van der Waals surface area contributed by atoms with E-state index in [1.54, 1.807) is 12.1 Å². The van der Waals surface area contributed by atoms with Crippen LogP contribution in [0.1, 0.15) is 21.5 Å².